The first kappa shape index (κ1) is 13.7. The third-order valence-corrected chi connectivity index (χ3v) is 4.68. The summed E-state index contributed by atoms with van der Waals surface area (Å²) in [5, 5.41) is 10.5. The minimum atomic E-state index is 0.671. The van der Waals surface area contributed by atoms with Gasteiger partial charge >= 0.3 is 0 Å². The molecule has 102 valence electrons. The van der Waals surface area contributed by atoms with E-state index in [0.717, 1.165) is 21.7 Å². The molecule has 0 fully saturated rings. The number of aromatic nitrogens is 2. The molecular weight excluding hydrogens is 358 g/mol. The molecule has 3 aromatic rings. The highest BCUT2D eigenvalue weighted by Crippen LogP contribution is 2.29. The lowest BCUT2D eigenvalue weighted by molar-refractivity contribution is 0.879. The molecular formula is C14H11BrClN3S. The van der Waals surface area contributed by atoms with Crippen LogP contribution in [0.2, 0.25) is 5.02 Å². The summed E-state index contributed by atoms with van der Waals surface area (Å²) >= 11 is 11.4. The molecule has 2 heterocycles. The van der Waals surface area contributed by atoms with Gasteiger partial charge in [-0.3, -0.25) is 0 Å². The lowest BCUT2D eigenvalue weighted by Crippen LogP contribution is -2.05. The van der Waals surface area contributed by atoms with Gasteiger partial charge in [0.1, 0.15) is 5.69 Å². The van der Waals surface area contributed by atoms with Crippen LogP contribution in [0.5, 0.6) is 0 Å². The molecule has 0 atom stereocenters. The lowest BCUT2D eigenvalue weighted by Gasteiger charge is -2.13. The standard InChI is InChI=1S/C14H11BrClN3S/c15-13-7-10(9-20-13)8-17-12-4-1-3-11(16)14(12)19-6-2-5-18-19/h1-7,9,17H,8H2. The van der Waals surface area contributed by atoms with Crippen LogP contribution in [0.25, 0.3) is 5.69 Å². The predicted molar refractivity (Wildman–Crippen MR) is 87.9 cm³/mol. The number of thiophene rings is 1. The average Bonchev–Trinajstić information content (AvgIpc) is 3.08. The first-order chi connectivity index (χ1) is 9.74. The molecule has 2 aromatic heterocycles. The molecule has 1 N–H and O–H groups in total. The van der Waals surface area contributed by atoms with E-state index in [1.165, 1.54) is 5.56 Å². The molecule has 0 radical (unpaired) electrons. The highest BCUT2D eigenvalue weighted by atomic mass is 79.9. The fraction of sp³-hybridized carbons (Fsp3) is 0.0714. The minimum absolute atomic E-state index is 0.671. The Hall–Kier alpha value is -1.30. The number of nitrogens with zero attached hydrogens (tertiary/aromatic N) is 2. The van der Waals surface area contributed by atoms with Gasteiger partial charge in [0.15, 0.2) is 0 Å². The SMILES string of the molecule is Clc1cccc(NCc2csc(Br)c2)c1-n1cccn1. The molecule has 0 spiro atoms. The molecule has 6 heteroatoms. The van der Waals surface area contributed by atoms with E-state index in [0.29, 0.717) is 5.02 Å². The molecule has 3 nitrogen and oxygen atoms in total. The van der Waals surface area contributed by atoms with Gasteiger partial charge in [-0.05, 0) is 51.1 Å². The molecule has 1 aromatic carbocycles. The summed E-state index contributed by atoms with van der Waals surface area (Å²) in [6.07, 6.45) is 3.62. The van der Waals surface area contributed by atoms with Crippen molar-refractivity contribution in [3.05, 3.63) is 62.5 Å². The summed E-state index contributed by atoms with van der Waals surface area (Å²) in [5.74, 6) is 0. The number of benzene rings is 1. The number of anilines is 1. The van der Waals surface area contributed by atoms with Gasteiger partial charge in [0.25, 0.3) is 0 Å². The molecule has 0 aliphatic carbocycles. The van der Waals surface area contributed by atoms with E-state index in [2.05, 4.69) is 37.8 Å². The Kier molecular flexibility index (Phi) is 4.10. The van der Waals surface area contributed by atoms with Gasteiger partial charge < -0.3 is 5.32 Å². The van der Waals surface area contributed by atoms with Crippen molar-refractivity contribution in [2.45, 2.75) is 6.54 Å². The largest absolute Gasteiger partial charge is 0.379 e. The van der Waals surface area contributed by atoms with Crippen LogP contribution in [0.15, 0.2) is 51.9 Å². The third kappa shape index (κ3) is 2.90. The van der Waals surface area contributed by atoms with E-state index in [1.54, 1.807) is 22.2 Å². The number of hydrogen-bond acceptors (Lipinski definition) is 3. The van der Waals surface area contributed by atoms with Gasteiger partial charge in [-0.1, -0.05) is 17.7 Å². The first-order valence-electron chi connectivity index (χ1n) is 5.99. The van der Waals surface area contributed by atoms with Crippen molar-refractivity contribution >= 4 is 44.6 Å². The van der Waals surface area contributed by atoms with Crippen LogP contribution in [-0.4, -0.2) is 9.78 Å². The fourth-order valence-corrected chi connectivity index (χ4v) is 3.40. The van der Waals surface area contributed by atoms with E-state index in [4.69, 9.17) is 11.6 Å². The number of halogens is 2. The van der Waals surface area contributed by atoms with Crippen molar-refractivity contribution < 1.29 is 0 Å². The number of nitrogens with one attached hydrogen (secondary N) is 1. The van der Waals surface area contributed by atoms with E-state index in [9.17, 15) is 0 Å². The highest BCUT2D eigenvalue weighted by molar-refractivity contribution is 9.11. The molecule has 0 amide bonds. The van der Waals surface area contributed by atoms with E-state index < -0.39 is 0 Å². The quantitative estimate of drug-likeness (QED) is 0.705. The Labute approximate surface area is 134 Å². The second-order valence-corrected chi connectivity index (χ2v) is 6.90. The van der Waals surface area contributed by atoms with E-state index in [1.807, 2.05) is 30.5 Å². The summed E-state index contributed by atoms with van der Waals surface area (Å²) in [4.78, 5) is 0. The van der Waals surface area contributed by atoms with Crippen molar-refractivity contribution in [3.8, 4) is 5.69 Å². The number of para-hydroxylation sites is 1. The Morgan fingerprint density at radius 3 is 2.95 bits per heavy atom. The van der Waals surface area contributed by atoms with Crippen LogP contribution < -0.4 is 5.32 Å². The Bertz CT molecular complexity index is 709. The van der Waals surface area contributed by atoms with Gasteiger partial charge in [0.05, 0.1) is 14.5 Å². The second-order valence-electron chi connectivity index (χ2n) is 4.20. The van der Waals surface area contributed by atoms with Crippen LogP contribution in [0.3, 0.4) is 0 Å². The summed E-state index contributed by atoms with van der Waals surface area (Å²) in [5.41, 5.74) is 3.06. The number of rotatable bonds is 4. The monoisotopic (exact) mass is 367 g/mol. The van der Waals surface area contributed by atoms with Crippen LogP contribution in [0, 0.1) is 0 Å². The first-order valence-corrected chi connectivity index (χ1v) is 8.04. The lowest BCUT2D eigenvalue weighted by atomic mass is 10.2. The zero-order valence-electron chi connectivity index (χ0n) is 10.4. The van der Waals surface area contributed by atoms with Crippen molar-refractivity contribution in [1.82, 2.24) is 9.78 Å². The predicted octanol–water partition coefficient (Wildman–Crippen LogP) is 4.96. The molecule has 0 saturated heterocycles. The summed E-state index contributed by atoms with van der Waals surface area (Å²) in [6.45, 7) is 0.747. The normalized spacial score (nSPS) is 10.7. The average molecular weight is 369 g/mol. The van der Waals surface area contributed by atoms with Gasteiger partial charge in [-0.25, -0.2) is 4.68 Å². The summed E-state index contributed by atoms with van der Waals surface area (Å²) in [6, 6.07) is 9.79. The van der Waals surface area contributed by atoms with Gasteiger partial charge in [-0.2, -0.15) is 5.10 Å². The molecule has 0 aliphatic rings. The minimum Gasteiger partial charge on any atom is -0.379 e. The fourth-order valence-electron chi connectivity index (χ4n) is 1.93. The highest BCUT2D eigenvalue weighted by Gasteiger charge is 2.09. The molecule has 0 unspecified atom stereocenters. The molecule has 3 rings (SSSR count). The van der Waals surface area contributed by atoms with Crippen molar-refractivity contribution in [3.63, 3.8) is 0 Å². The maximum absolute atomic E-state index is 6.30. The van der Waals surface area contributed by atoms with E-state index in [-0.39, 0.29) is 0 Å². The van der Waals surface area contributed by atoms with Crippen LogP contribution in [-0.2, 0) is 6.54 Å². The van der Waals surface area contributed by atoms with Crippen molar-refractivity contribution in [2.24, 2.45) is 0 Å². The molecule has 0 bridgehead atoms. The van der Waals surface area contributed by atoms with Crippen molar-refractivity contribution in [1.29, 1.82) is 0 Å². The maximum Gasteiger partial charge on any atom is 0.106 e. The zero-order valence-corrected chi connectivity index (χ0v) is 13.5. The van der Waals surface area contributed by atoms with Crippen LogP contribution in [0.1, 0.15) is 5.56 Å². The summed E-state index contributed by atoms with van der Waals surface area (Å²) in [7, 11) is 0. The van der Waals surface area contributed by atoms with Crippen LogP contribution in [0.4, 0.5) is 5.69 Å². The van der Waals surface area contributed by atoms with Crippen molar-refractivity contribution in [2.75, 3.05) is 5.32 Å². The maximum atomic E-state index is 6.30. The Morgan fingerprint density at radius 2 is 2.25 bits per heavy atom. The van der Waals surface area contributed by atoms with Gasteiger partial charge in [0, 0.05) is 18.9 Å². The van der Waals surface area contributed by atoms with Gasteiger partial charge in [0.2, 0.25) is 0 Å². The third-order valence-electron chi connectivity index (χ3n) is 2.83. The number of hydrogen-bond donors (Lipinski definition) is 1. The molecule has 0 saturated carbocycles. The second kappa shape index (κ2) is 5.99. The Balaban J connectivity index is 1.88. The molecule has 0 aliphatic heterocycles. The molecule has 20 heavy (non-hydrogen) atoms. The zero-order chi connectivity index (χ0) is 13.9. The Morgan fingerprint density at radius 1 is 1.35 bits per heavy atom. The van der Waals surface area contributed by atoms with E-state index >= 15 is 0 Å². The van der Waals surface area contributed by atoms with Gasteiger partial charge in [-0.15, -0.1) is 11.3 Å². The smallest absolute Gasteiger partial charge is 0.106 e. The van der Waals surface area contributed by atoms with Crippen LogP contribution >= 0.6 is 38.9 Å². The summed E-state index contributed by atoms with van der Waals surface area (Å²) < 4.78 is 2.90. The topological polar surface area (TPSA) is 29.9 Å².